The SMILES string of the molecule is CC(Cc1ccc(C(F)(F)F)cc1)Nc1ccc([N+](=O)[O-])cc1S(C)(=O)=O. The Kier molecular flexibility index (Phi) is 5.79. The van der Waals surface area contributed by atoms with Gasteiger partial charge in [0, 0.05) is 24.4 Å². The van der Waals surface area contributed by atoms with E-state index in [2.05, 4.69) is 5.32 Å². The first-order valence-corrected chi connectivity index (χ1v) is 9.68. The molecule has 0 heterocycles. The molecule has 0 amide bonds. The number of rotatable bonds is 6. The number of anilines is 1. The minimum Gasteiger partial charge on any atom is -0.381 e. The Labute approximate surface area is 154 Å². The second kappa shape index (κ2) is 7.55. The highest BCUT2D eigenvalue weighted by Gasteiger charge is 2.30. The summed E-state index contributed by atoms with van der Waals surface area (Å²) in [4.78, 5) is 9.96. The van der Waals surface area contributed by atoms with Gasteiger partial charge in [-0.25, -0.2) is 8.42 Å². The maximum atomic E-state index is 12.6. The topological polar surface area (TPSA) is 89.3 Å². The first-order chi connectivity index (χ1) is 12.4. The molecular weight excluding hydrogens is 385 g/mol. The Morgan fingerprint density at radius 1 is 1.15 bits per heavy atom. The van der Waals surface area contributed by atoms with Crippen LogP contribution in [0.2, 0.25) is 0 Å². The number of sulfone groups is 1. The van der Waals surface area contributed by atoms with Gasteiger partial charge in [0.1, 0.15) is 0 Å². The van der Waals surface area contributed by atoms with Crippen molar-refractivity contribution >= 4 is 21.2 Å². The lowest BCUT2D eigenvalue weighted by atomic mass is 10.0. The van der Waals surface area contributed by atoms with Gasteiger partial charge >= 0.3 is 6.18 Å². The largest absolute Gasteiger partial charge is 0.416 e. The molecule has 2 aromatic carbocycles. The fourth-order valence-corrected chi connectivity index (χ4v) is 3.41. The molecule has 2 rings (SSSR count). The second-order valence-electron chi connectivity index (χ2n) is 6.15. The fourth-order valence-electron chi connectivity index (χ4n) is 2.55. The van der Waals surface area contributed by atoms with Crippen molar-refractivity contribution in [2.45, 2.75) is 30.5 Å². The molecule has 1 atom stereocenters. The number of benzene rings is 2. The maximum absolute atomic E-state index is 12.6. The molecule has 0 aliphatic rings. The normalized spacial score (nSPS) is 13.2. The van der Waals surface area contributed by atoms with Crippen LogP contribution in [0.5, 0.6) is 0 Å². The van der Waals surface area contributed by atoms with Gasteiger partial charge in [-0.1, -0.05) is 12.1 Å². The van der Waals surface area contributed by atoms with E-state index in [1.165, 1.54) is 24.3 Å². The van der Waals surface area contributed by atoms with Crippen LogP contribution in [0.15, 0.2) is 47.4 Å². The van der Waals surface area contributed by atoms with Crippen molar-refractivity contribution in [1.82, 2.24) is 0 Å². The summed E-state index contributed by atoms with van der Waals surface area (Å²) >= 11 is 0. The summed E-state index contributed by atoms with van der Waals surface area (Å²) in [5, 5.41) is 13.8. The number of nitro benzene ring substituents is 1. The van der Waals surface area contributed by atoms with Gasteiger partial charge < -0.3 is 5.32 Å². The Morgan fingerprint density at radius 2 is 1.74 bits per heavy atom. The molecule has 0 radical (unpaired) electrons. The lowest BCUT2D eigenvalue weighted by Gasteiger charge is -2.18. The average molecular weight is 402 g/mol. The van der Waals surface area contributed by atoms with E-state index < -0.39 is 26.5 Å². The van der Waals surface area contributed by atoms with Crippen molar-refractivity contribution in [3.05, 3.63) is 63.7 Å². The van der Waals surface area contributed by atoms with Crippen LogP contribution in [0.4, 0.5) is 24.5 Å². The van der Waals surface area contributed by atoms with E-state index in [1.807, 2.05) is 0 Å². The van der Waals surface area contributed by atoms with Crippen LogP contribution in [-0.4, -0.2) is 25.6 Å². The Hall–Kier alpha value is -2.62. The molecule has 0 saturated carbocycles. The van der Waals surface area contributed by atoms with Crippen molar-refractivity contribution < 1.29 is 26.5 Å². The zero-order chi connectivity index (χ0) is 20.4. The predicted molar refractivity (Wildman–Crippen MR) is 94.4 cm³/mol. The van der Waals surface area contributed by atoms with Gasteiger partial charge in [-0.2, -0.15) is 13.2 Å². The second-order valence-corrected chi connectivity index (χ2v) is 8.14. The molecule has 0 spiro atoms. The Balaban J connectivity index is 2.20. The third-order valence-corrected chi connectivity index (χ3v) is 4.94. The molecule has 0 saturated heterocycles. The lowest BCUT2D eigenvalue weighted by Crippen LogP contribution is -2.20. The molecule has 0 aliphatic heterocycles. The van der Waals surface area contributed by atoms with E-state index in [0.717, 1.165) is 24.5 Å². The van der Waals surface area contributed by atoms with Gasteiger partial charge in [0.2, 0.25) is 0 Å². The van der Waals surface area contributed by atoms with E-state index in [0.29, 0.717) is 12.0 Å². The maximum Gasteiger partial charge on any atom is 0.416 e. The van der Waals surface area contributed by atoms with Crippen LogP contribution in [0.3, 0.4) is 0 Å². The summed E-state index contributed by atoms with van der Waals surface area (Å²) in [6.45, 7) is 1.73. The number of nitro groups is 1. The molecule has 0 fully saturated rings. The molecule has 1 N–H and O–H groups in total. The van der Waals surface area contributed by atoms with Crippen molar-refractivity contribution in [3.8, 4) is 0 Å². The van der Waals surface area contributed by atoms with Crippen LogP contribution in [0.1, 0.15) is 18.1 Å². The van der Waals surface area contributed by atoms with E-state index in [-0.39, 0.29) is 22.3 Å². The number of nitrogens with one attached hydrogen (secondary N) is 1. The molecule has 0 aliphatic carbocycles. The highest BCUT2D eigenvalue weighted by atomic mass is 32.2. The minimum absolute atomic E-state index is 0.197. The number of alkyl halides is 3. The van der Waals surface area contributed by atoms with Gasteiger partial charge in [0.15, 0.2) is 9.84 Å². The summed E-state index contributed by atoms with van der Waals surface area (Å²) < 4.78 is 61.7. The fraction of sp³-hybridized carbons (Fsp3) is 0.294. The summed E-state index contributed by atoms with van der Waals surface area (Å²) in [5.41, 5.74) is -0.272. The minimum atomic E-state index is -4.41. The summed E-state index contributed by atoms with van der Waals surface area (Å²) in [6, 6.07) is 7.81. The van der Waals surface area contributed by atoms with Gasteiger partial charge in [-0.3, -0.25) is 10.1 Å². The Morgan fingerprint density at radius 3 is 2.22 bits per heavy atom. The summed E-state index contributed by atoms with van der Waals surface area (Å²) in [7, 11) is -3.72. The molecule has 0 aromatic heterocycles. The highest BCUT2D eigenvalue weighted by Crippen LogP contribution is 2.30. The van der Waals surface area contributed by atoms with E-state index in [9.17, 15) is 31.7 Å². The zero-order valence-corrected chi connectivity index (χ0v) is 15.3. The van der Waals surface area contributed by atoms with Crippen LogP contribution in [-0.2, 0) is 22.4 Å². The number of hydrogen-bond acceptors (Lipinski definition) is 5. The lowest BCUT2D eigenvalue weighted by molar-refractivity contribution is -0.385. The third-order valence-electron chi connectivity index (χ3n) is 3.80. The quantitative estimate of drug-likeness (QED) is 0.581. The highest BCUT2D eigenvalue weighted by molar-refractivity contribution is 7.90. The smallest absolute Gasteiger partial charge is 0.381 e. The predicted octanol–water partition coefficient (Wildman–Crippen LogP) is 4.06. The van der Waals surface area contributed by atoms with E-state index >= 15 is 0 Å². The molecular formula is C17H17F3N2O4S. The van der Waals surface area contributed by atoms with Gasteiger partial charge in [-0.05, 0) is 37.1 Å². The summed E-state index contributed by atoms with van der Waals surface area (Å²) in [6.07, 6.45) is -3.14. The molecule has 1 unspecified atom stereocenters. The average Bonchev–Trinajstić information content (AvgIpc) is 2.53. The number of hydrogen-bond donors (Lipinski definition) is 1. The van der Waals surface area contributed by atoms with Crippen LogP contribution in [0.25, 0.3) is 0 Å². The zero-order valence-electron chi connectivity index (χ0n) is 14.4. The molecule has 0 bridgehead atoms. The van der Waals surface area contributed by atoms with Gasteiger partial charge in [0.25, 0.3) is 5.69 Å². The monoisotopic (exact) mass is 402 g/mol. The van der Waals surface area contributed by atoms with E-state index in [4.69, 9.17) is 0 Å². The molecule has 10 heteroatoms. The number of halogens is 3. The summed E-state index contributed by atoms with van der Waals surface area (Å²) in [5.74, 6) is 0. The Bertz CT molecular complexity index is 942. The molecule has 2 aromatic rings. The molecule has 6 nitrogen and oxygen atoms in total. The number of nitrogens with zero attached hydrogens (tertiary/aromatic N) is 1. The van der Waals surface area contributed by atoms with E-state index in [1.54, 1.807) is 6.92 Å². The first kappa shape index (κ1) is 20.7. The standard InChI is InChI=1S/C17H17F3N2O4S/c1-11(9-12-3-5-13(6-4-12)17(18,19)20)21-15-8-7-14(22(23)24)10-16(15)27(2,25)26/h3-8,10-11,21H,9H2,1-2H3. The van der Waals surface area contributed by atoms with Crippen molar-refractivity contribution in [3.63, 3.8) is 0 Å². The van der Waals surface area contributed by atoms with Crippen molar-refractivity contribution in [2.24, 2.45) is 0 Å². The first-order valence-electron chi connectivity index (χ1n) is 7.79. The van der Waals surface area contributed by atoms with Crippen LogP contribution < -0.4 is 5.32 Å². The third kappa shape index (κ3) is 5.43. The van der Waals surface area contributed by atoms with Crippen molar-refractivity contribution in [2.75, 3.05) is 11.6 Å². The van der Waals surface area contributed by atoms with Crippen LogP contribution >= 0.6 is 0 Å². The van der Waals surface area contributed by atoms with Gasteiger partial charge in [0.05, 0.1) is 21.1 Å². The van der Waals surface area contributed by atoms with Gasteiger partial charge in [-0.15, -0.1) is 0 Å². The molecule has 27 heavy (non-hydrogen) atoms. The molecule has 146 valence electrons. The van der Waals surface area contributed by atoms with Crippen LogP contribution in [0, 0.1) is 10.1 Å². The van der Waals surface area contributed by atoms with Crippen molar-refractivity contribution in [1.29, 1.82) is 0 Å². The number of non-ortho nitro benzene ring substituents is 1.